The van der Waals surface area contributed by atoms with Crippen molar-refractivity contribution in [2.45, 2.75) is 19.9 Å². The maximum absolute atomic E-state index is 13.2. The van der Waals surface area contributed by atoms with E-state index in [9.17, 15) is 23.5 Å². The summed E-state index contributed by atoms with van der Waals surface area (Å²) in [6.07, 6.45) is 0. The van der Waals surface area contributed by atoms with Crippen LogP contribution in [0.4, 0.5) is 8.78 Å². The van der Waals surface area contributed by atoms with Gasteiger partial charge in [-0.3, -0.25) is 4.79 Å². The van der Waals surface area contributed by atoms with Crippen molar-refractivity contribution in [3.05, 3.63) is 51.0 Å². The summed E-state index contributed by atoms with van der Waals surface area (Å²) >= 11 is 1.13. The molecule has 0 fully saturated rings. The Kier molecular flexibility index (Phi) is 4.51. The summed E-state index contributed by atoms with van der Waals surface area (Å²) in [5.41, 5.74) is 0.424. The van der Waals surface area contributed by atoms with Crippen molar-refractivity contribution in [1.29, 1.82) is 0 Å². The van der Waals surface area contributed by atoms with Gasteiger partial charge in [-0.25, -0.2) is 18.6 Å². The van der Waals surface area contributed by atoms with Gasteiger partial charge in [-0.15, -0.1) is 11.3 Å². The second kappa shape index (κ2) is 6.18. The van der Waals surface area contributed by atoms with Crippen LogP contribution in [0, 0.1) is 25.5 Å². The topological polar surface area (TPSA) is 79.3 Å². The molecular weight excluding hydrogens is 314 g/mol. The van der Waals surface area contributed by atoms with Crippen molar-refractivity contribution in [2.75, 3.05) is 0 Å². The first-order chi connectivity index (χ1) is 10.3. The number of carbonyl (C=O) groups is 2. The molecule has 0 unspecified atom stereocenters. The van der Waals surface area contributed by atoms with E-state index in [4.69, 9.17) is 0 Å². The standard InChI is InChI=1S/C14H12F2N2O3S/c1-6-12(22-7(2)17-6)13(19)18-11(14(20)21)8-3-4-9(15)10(16)5-8/h3-5,11H,1-2H3,(H,18,19)(H,20,21)/t11-/m0/s1. The largest absolute Gasteiger partial charge is 0.479 e. The van der Waals surface area contributed by atoms with Crippen LogP contribution < -0.4 is 5.32 Å². The van der Waals surface area contributed by atoms with Crippen molar-refractivity contribution < 1.29 is 23.5 Å². The van der Waals surface area contributed by atoms with Gasteiger partial charge in [0.05, 0.1) is 10.7 Å². The number of aromatic nitrogens is 1. The third kappa shape index (κ3) is 3.28. The van der Waals surface area contributed by atoms with Crippen LogP contribution in [0.25, 0.3) is 0 Å². The number of nitrogens with zero attached hydrogens (tertiary/aromatic N) is 1. The Morgan fingerprint density at radius 2 is 1.95 bits per heavy atom. The molecule has 2 rings (SSSR count). The Bertz CT molecular complexity index is 746. The lowest BCUT2D eigenvalue weighted by molar-refractivity contribution is -0.139. The lowest BCUT2D eigenvalue weighted by Gasteiger charge is -2.14. The Morgan fingerprint density at radius 1 is 1.27 bits per heavy atom. The van der Waals surface area contributed by atoms with Crippen LogP contribution in [0.1, 0.15) is 32.0 Å². The van der Waals surface area contributed by atoms with E-state index in [1.807, 2.05) is 0 Å². The summed E-state index contributed by atoms with van der Waals surface area (Å²) in [6.45, 7) is 3.35. The average molecular weight is 326 g/mol. The number of aryl methyl sites for hydroxylation is 2. The maximum Gasteiger partial charge on any atom is 0.330 e. The van der Waals surface area contributed by atoms with E-state index < -0.39 is 29.6 Å². The van der Waals surface area contributed by atoms with E-state index in [2.05, 4.69) is 10.3 Å². The van der Waals surface area contributed by atoms with E-state index in [1.165, 1.54) is 0 Å². The number of carbonyl (C=O) groups excluding carboxylic acids is 1. The van der Waals surface area contributed by atoms with Crippen molar-refractivity contribution in [2.24, 2.45) is 0 Å². The summed E-state index contributed by atoms with van der Waals surface area (Å²) in [7, 11) is 0. The smallest absolute Gasteiger partial charge is 0.330 e. The van der Waals surface area contributed by atoms with Crippen LogP contribution >= 0.6 is 11.3 Å². The van der Waals surface area contributed by atoms with Crippen molar-refractivity contribution in [3.63, 3.8) is 0 Å². The van der Waals surface area contributed by atoms with Crippen LogP contribution in [0.15, 0.2) is 18.2 Å². The molecule has 2 aromatic rings. The van der Waals surface area contributed by atoms with Crippen LogP contribution in [0.2, 0.25) is 0 Å². The molecule has 1 heterocycles. The van der Waals surface area contributed by atoms with Gasteiger partial charge in [0.15, 0.2) is 17.7 Å². The molecule has 0 aliphatic rings. The van der Waals surface area contributed by atoms with Crippen molar-refractivity contribution in [3.8, 4) is 0 Å². The molecule has 116 valence electrons. The molecule has 0 radical (unpaired) electrons. The van der Waals surface area contributed by atoms with Crippen molar-refractivity contribution in [1.82, 2.24) is 10.3 Å². The fourth-order valence-electron chi connectivity index (χ4n) is 1.92. The number of halogens is 2. The summed E-state index contributed by atoms with van der Waals surface area (Å²) < 4.78 is 26.2. The van der Waals surface area contributed by atoms with Gasteiger partial charge in [-0.2, -0.15) is 0 Å². The van der Waals surface area contributed by atoms with Gasteiger partial charge in [-0.05, 0) is 31.5 Å². The predicted octanol–water partition coefficient (Wildman–Crippen LogP) is 2.59. The van der Waals surface area contributed by atoms with Crippen molar-refractivity contribution >= 4 is 23.2 Å². The number of carboxylic acid groups (broad SMARTS) is 1. The molecule has 1 aromatic heterocycles. The molecule has 5 nitrogen and oxygen atoms in total. The lowest BCUT2D eigenvalue weighted by Crippen LogP contribution is -2.33. The van der Waals surface area contributed by atoms with Gasteiger partial charge in [0.25, 0.3) is 5.91 Å². The van der Waals surface area contributed by atoms with Gasteiger partial charge in [0.2, 0.25) is 0 Å². The first-order valence-corrected chi connectivity index (χ1v) is 7.04. The third-order valence-corrected chi connectivity index (χ3v) is 3.98. The number of nitrogens with one attached hydrogen (secondary N) is 1. The van der Waals surface area contributed by atoms with Crippen LogP contribution in [-0.4, -0.2) is 22.0 Å². The fraction of sp³-hybridized carbons (Fsp3) is 0.214. The second-order valence-corrected chi connectivity index (χ2v) is 5.77. The van der Waals surface area contributed by atoms with E-state index >= 15 is 0 Å². The number of thiazole rings is 1. The zero-order valence-electron chi connectivity index (χ0n) is 11.7. The maximum atomic E-state index is 13.2. The summed E-state index contributed by atoms with van der Waals surface area (Å²) in [5, 5.41) is 12.2. The Balaban J connectivity index is 2.29. The van der Waals surface area contributed by atoms with Gasteiger partial charge in [-0.1, -0.05) is 6.07 Å². The molecule has 0 spiro atoms. The van der Waals surface area contributed by atoms with Gasteiger partial charge < -0.3 is 10.4 Å². The molecule has 0 aliphatic carbocycles. The number of hydrogen-bond donors (Lipinski definition) is 2. The minimum Gasteiger partial charge on any atom is -0.479 e. The number of rotatable bonds is 4. The van der Waals surface area contributed by atoms with Crippen LogP contribution in [0.5, 0.6) is 0 Å². The predicted molar refractivity (Wildman–Crippen MR) is 75.8 cm³/mol. The summed E-state index contributed by atoms with van der Waals surface area (Å²) in [5.74, 6) is -4.27. The summed E-state index contributed by atoms with van der Waals surface area (Å²) in [4.78, 5) is 27.8. The normalized spacial score (nSPS) is 12.0. The molecule has 1 atom stereocenters. The summed E-state index contributed by atoms with van der Waals surface area (Å²) in [6, 6.07) is 1.19. The Morgan fingerprint density at radius 3 is 2.45 bits per heavy atom. The highest BCUT2D eigenvalue weighted by Crippen LogP contribution is 2.21. The monoisotopic (exact) mass is 326 g/mol. The van der Waals surface area contributed by atoms with Gasteiger partial charge >= 0.3 is 5.97 Å². The molecule has 1 aromatic carbocycles. The highest BCUT2D eigenvalue weighted by Gasteiger charge is 2.25. The third-order valence-electron chi connectivity index (χ3n) is 2.91. The number of amides is 1. The zero-order chi connectivity index (χ0) is 16.4. The molecule has 0 bridgehead atoms. The zero-order valence-corrected chi connectivity index (χ0v) is 12.5. The molecule has 0 aliphatic heterocycles. The Hall–Kier alpha value is -2.35. The SMILES string of the molecule is Cc1nc(C)c(C(=O)N[C@H](C(=O)O)c2ccc(F)c(F)c2)s1. The van der Waals surface area contributed by atoms with Crippen LogP contribution in [-0.2, 0) is 4.79 Å². The first-order valence-electron chi connectivity index (χ1n) is 6.22. The first kappa shape index (κ1) is 16.0. The van der Waals surface area contributed by atoms with Gasteiger partial charge in [0.1, 0.15) is 4.88 Å². The van der Waals surface area contributed by atoms with E-state index in [0.29, 0.717) is 10.7 Å². The molecular formula is C14H12F2N2O3S. The number of benzene rings is 1. The minimum atomic E-state index is -1.48. The minimum absolute atomic E-state index is 0.0568. The molecule has 0 saturated heterocycles. The Labute approximate surface area is 128 Å². The van der Waals surface area contributed by atoms with E-state index in [-0.39, 0.29) is 10.4 Å². The van der Waals surface area contributed by atoms with Gasteiger partial charge in [0, 0.05) is 0 Å². The number of aliphatic carboxylic acids is 1. The fourth-order valence-corrected chi connectivity index (χ4v) is 2.74. The number of carboxylic acids is 1. The van der Waals surface area contributed by atoms with E-state index in [0.717, 1.165) is 29.5 Å². The molecule has 0 saturated carbocycles. The molecule has 1 amide bonds. The van der Waals surface area contributed by atoms with E-state index in [1.54, 1.807) is 13.8 Å². The molecule has 2 N–H and O–H groups in total. The second-order valence-electron chi connectivity index (χ2n) is 4.57. The highest BCUT2D eigenvalue weighted by atomic mass is 32.1. The molecule has 8 heteroatoms. The molecule has 22 heavy (non-hydrogen) atoms. The quantitative estimate of drug-likeness (QED) is 0.905. The highest BCUT2D eigenvalue weighted by molar-refractivity contribution is 7.13. The lowest BCUT2D eigenvalue weighted by atomic mass is 10.1. The average Bonchev–Trinajstić information content (AvgIpc) is 2.78. The van der Waals surface area contributed by atoms with Crippen LogP contribution in [0.3, 0.4) is 0 Å². The number of hydrogen-bond acceptors (Lipinski definition) is 4.